The number of rotatable bonds is 6. The van der Waals surface area contributed by atoms with Gasteiger partial charge in [-0.2, -0.15) is 0 Å². The lowest BCUT2D eigenvalue weighted by molar-refractivity contribution is 0.632. The van der Waals surface area contributed by atoms with Crippen molar-refractivity contribution in [2.45, 2.75) is 45.4 Å². The highest BCUT2D eigenvalue weighted by atomic mass is 14.0. The third-order valence-corrected chi connectivity index (χ3v) is 2.13. The van der Waals surface area contributed by atoms with Crippen LogP contribution in [-0.2, 0) is 6.37 Å². The van der Waals surface area contributed by atoms with Gasteiger partial charge in [-0.3, -0.25) is 0 Å². The number of hydrogen-bond donors (Lipinski definition) is 0. The molecule has 1 aromatic rings. The van der Waals surface area contributed by atoms with Crippen molar-refractivity contribution in [3.05, 3.63) is 35.9 Å². The predicted molar refractivity (Wildman–Crippen MR) is 58.9 cm³/mol. The van der Waals surface area contributed by atoms with Gasteiger partial charge in [0.25, 0.3) is 0 Å². The van der Waals surface area contributed by atoms with Gasteiger partial charge >= 0.3 is 0 Å². The van der Waals surface area contributed by atoms with Gasteiger partial charge in [0.1, 0.15) is 0 Å². The largest absolute Gasteiger partial charge is 0.0654 e. The SMILES string of the molecule is [2H]C([2H])(CCCCCC)c1ccccc1. The smallest absolute Gasteiger partial charge is 0.0316 e. The number of hydrogen-bond acceptors (Lipinski definition) is 0. The summed E-state index contributed by atoms with van der Waals surface area (Å²) >= 11 is 0. The molecule has 0 amide bonds. The topological polar surface area (TPSA) is 0 Å². The fraction of sp³-hybridized carbons (Fsp3) is 0.538. The lowest BCUT2D eigenvalue weighted by atomic mass is 10.1. The van der Waals surface area contributed by atoms with E-state index in [1.165, 1.54) is 12.8 Å². The van der Waals surface area contributed by atoms with Crippen LogP contribution < -0.4 is 0 Å². The summed E-state index contributed by atoms with van der Waals surface area (Å²) in [7, 11) is 0. The Morgan fingerprint density at radius 1 is 1.00 bits per heavy atom. The zero-order valence-electron chi connectivity index (χ0n) is 10.4. The average Bonchev–Trinajstić information content (AvgIpc) is 2.26. The lowest BCUT2D eigenvalue weighted by Crippen LogP contribution is -1.84. The maximum atomic E-state index is 7.97. The molecule has 0 heteroatoms. The number of aryl methyl sites for hydroxylation is 1. The van der Waals surface area contributed by atoms with Gasteiger partial charge in [0.2, 0.25) is 0 Å². The Balaban J connectivity index is 2.45. The molecule has 13 heavy (non-hydrogen) atoms. The van der Waals surface area contributed by atoms with Crippen molar-refractivity contribution in [1.29, 1.82) is 0 Å². The minimum Gasteiger partial charge on any atom is -0.0654 e. The van der Waals surface area contributed by atoms with Crippen molar-refractivity contribution in [3.8, 4) is 0 Å². The van der Waals surface area contributed by atoms with E-state index in [4.69, 9.17) is 2.74 Å². The summed E-state index contributed by atoms with van der Waals surface area (Å²) in [6.07, 6.45) is 4.02. The predicted octanol–water partition coefficient (Wildman–Crippen LogP) is 4.20. The molecule has 72 valence electrons. The van der Waals surface area contributed by atoms with Crippen molar-refractivity contribution in [2.75, 3.05) is 0 Å². The Kier molecular flexibility index (Phi) is 3.92. The van der Waals surface area contributed by atoms with Gasteiger partial charge in [-0.1, -0.05) is 62.9 Å². The molecule has 0 nitrogen and oxygen atoms in total. The normalized spacial score (nSPS) is 13.6. The molecule has 0 saturated carbocycles. The molecule has 0 aliphatic rings. The Hall–Kier alpha value is -0.780. The van der Waals surface area contributed by atoms with Crippen molar-refractivity contribution < 1.29 is 2.74 Å². The van der Waals surface area contributed by atoms with Crippen LogP contribution in [0.1, 0.15) is 47.3 Å². The zero-order valence-corrected chi connectivity index (χ0v) is 8.42. The standard InChI is InChI=1S/C13H20/c1-2-3-4-5-7-10-13-11-8-6-9-12-13/h6,8-9,11-12H,2-5,7,10H2,1H3/i10D2. The summed E-state index contributed by atoms with van der Waals surface area (Å²) in [5.74, 6) is 0. The van der Waals surface area contributed by atoms with Crippen LogP contribution in [0.3, 0.4) is 0 Å². The Morgan fingerprint density at radius 2 is 1.69 bits per heavy atom. The zero-order chi connectivity index (χ0) is 11.1. The fourth-order valence-electron chi connectivity index (χ4n) is 1.34. The van der Waals surface area contributed by atoms with Crippen LogP contribution in [0.15, 0.2) is 30.3 Å². The quantitative estimate of drug-likeness (QED) is 0.573. The van der Waals surface area contributed by atoms with E-state index in [1.807, 2.05) is 30.3 Å². The molecule has 1 aromatic carbocycles. The van der Waals surface area contributed by atoms with E-state index in [9.17, 15) is 0 Å². The molecule has 0 spiro atoms. The summed E-state index contributed by atoms with van der Waals surface area (Å²) in [6, 6.07) is 9.48. The van der Waals surface area contributed by atoms with Gasteiger partial charge < -0.3 is 0 Å². The van der Waals surface area contributed by atoms with Gasteiger partial charge in [0.05, 0.1) is 0 Å². The highest BCUT2D eigenvalue weighted by Gasteiger charge is 1.91. The Labute approximate surface area is 84.8 Å². The summed E-state index contributed by atoms with van der Waals surface area (Å²) in [6.45, 7) is 2.17. The molecule has 0 fully saturated rings. The fourth-order valence-corrected chi connectivity index (χ4v) is 1.34. The van der Waals surface area contributed by atoms with Crippen molar-refractivity contribution in [3.63, 3.8) is 0 Å². The van der Waals surface area contributed by atoms with Gasteiger partial charge in [0, 0.05) is 2.74 Å². The van der Waals surface area contributed by atoms with Gasteiger partial charge in [0.15, 0.2) is 0 Å². The maximum Gasteiger partial charge on any atom is 0.0316 e. The first-order chi connectivity index (χ1) is 7.17. The summed E-state index contributed by atoms with van der Waals surface area (Å²) < 4.78 is 15.9. The minimum absolute atomic E-state index is 0.636. The van der Waals surface area contributed by atoms with E-state index in [2.05, 4.69) is 6.92 Å². The third-order valence-electron chi connectivity index (χ3n) is 2.13. The maximum absolute atomic E-state index is 7.97. The van der Waals surface area contributed by atoms with Gasteiger partial charge in [-0.15, -0.1) is 0 Å². The molecule has 0 aliphatic carbocycles. The third kappa shape index (κ3) is 4.72. The van der Waals surface area contributed by atoms with E-state index < -0.39 is 6.37 Å². The van der Waals surface area contributed by atoms with Crippen LogP contribution in [0.5, 0.6) is 0 Å². The van der Waals surface area contributed by atoms with Gasteiger partial charge in [-0.25, -0.2) is 0 Å². The molecule has 0 atom stereocenters. The van der Waals surface area contributed by atoms with E-state index in [0.717, 1.165) is 18.4 Å². The van der Waals surface area contributed by atoms with E-state index in [1.54, 1.807) is 0 Å². The summed E-state index contributed by atoms with van der Waals surface area (Å²) in [5, 5.41) is 0. The number of unbranched alkanes of at least 4 members (excludes halogenated alkanes) is 3. The van der Waals surface area contributed by atoms with Crippen molar-refractivity contribution in [1.82, 2.24) is 0 Å². The first-order valence-electron chi connectivity index (χ1n) is 6.22. The molecular formula is C13H20. The minimum atomic E-state index is -1.16. The van der Waals surface area contributed by atoms with Crippen molar-refractivity contribution in [2.24, 2.45) is 0 Å². The first kappa shape index (κ1) is 7.61. The van der Waals surface area contributed by atoms with Crippen LogP contribution in [0, 0.1) is 0 Å². The van der Waals surface area contributed by atoms with E-state index >= 15 is 0 Å². The Bertz CT molecular complexity index is 267. The average molecular weight is 178 g/mol. The lowest BCUT2D eigenvalue weighted by Gasteiger charge is -2.00. The number of benzene rings is 1. The second-order valence-electron chi connectivity index (χ2n) is 3.35. The molecule has 0 heterocycles. The summed E-state index contributed by atoms with van der Waals surface area (Å²) in [5.41, 5.74) is 0.807. The van der Waals surface area contributed by atoms with Crippen LogP contribution >= 0.6 is 0 Å². The van der Waals surface area contributed by atoms with Crippen LogP contribution in [-0.4, -0.2) is 0 Å². The molecule has 0 bridgehead atoms. The molecule has 0 radical (unpaired) electrons. The van der Waals surface area contributed by atoms with Crippen molar-refractivity contribution >= 4 is 0 Å². The summed E-state index contributed by atoms with van der Waals surface area (Å²) in [4.78, 5) is 0. The van der Waals surface area contributed by atoms with Crippen LogP contribution in [0.25, 0.3) is 0 Å². The molecule has 0 unspecified atom stereocenters. The second-order valence-corrected chi connectivity index (χ2v) is 3.35. The molecule has 0 saturated heterocycles. The van der Waals surface area contributed by atoms with E-state index in [-0.39, 0.29) is 0 Å². The molecule has 1 rings (SSSR count). The van der Waals surface area contributed by atoms with Crippen LogP contribution in [0.2, 0.25) is 0 Å². The monoisotopic (exact) mass is 178 g/mol. The second kappa shape index (κ2) is 6.71. The molecular weight excluding hydrogens is 156 g/mol. The van der Waals surface area contributed by atoms with E-state index in [0.29, 0.717) is 6.42 Å². The molecule has 0 aromatic heterocycles. The molecule has 0 aliphatic heterocycles. The first-order valence-corrected chi connectivity index (χ1v) is 5.22. The highest BCUT2D eigenvalue weighted by Crippen LogP contribution is 2.08. The van der Waals surface area contributed by atoms with Crippen LogP contribution in [0.4, 0.5) is 0 Å². The molecule has 0 N–H and O–H groups in total. The Morgan fingerprint density at radius 3 is 2.38 bits per heavy atom. The van der Waals surface area contributed by atoms with Gasteiger partial charge in [-0.05, 0) is 18.4 Å². The highest BCUT2D eigenvalue weighted by molar-refractivity contribution is 5.14.